The molecule has 6 heteroatoms. The molecule has 0 fully saturated rings. The molecular weight excluding hydrogens is 298 g/mol. The van der Waals surface area contributed by atoms with Crippen molar-refractivity contribution in [3.8, 4) is 5.75 Å². The van der Waals surface area contributed by atoms with Crippen LogP contribution in [0.15, 0.2) is 52.9 Å². The summed E-state index contributed by atoms with van der Waals surface area (Å²) in [6, 6.07) is 13.3. The zero-order valence-electron chi connectivity index (χ0n) is 12.2. The van der Waals surface area contributed by atoms with Crippen molar-refractivity contribution in [3.63, 3.8) is 0 Å². The molecule has 0 aliphatic heterocycles. The van der Waals surface area contributed by atoms with Gasteiger partial charge in [-0.2, -0.15) is 0 Å². The molecule has 2 aromatic carbocycles. The molecule has 1 heterocycles. The first-order chi connectivity index (χ1) is 11.1. The molecule has 0 radical (unpaired) electrons. The molecule has 0 aliphatic rings. The van der Waals surface area contributed by atoms with Crippen molar-refractivity contribution in [2.45, 2.75) is 0 Å². The highest BCUT2D eigenvalue weighted by molar-refractivity contribution is 6.13. The van der Waals surface area contributed by atoms with Gasteiger partial charge in [-0.25, -0.2) is 4.79 Å². The number of hydrogen-bond acceptors (Lipinski definition) is 4. The number of carbonyl (C=O) groups excluding carboxylic acids is 1. The number of carboxylic acids is 1. The monoisotopic (exact) mass is 311 g/mol. The molecule has 1 aromatic heterocycles. The SMILES string of the molecule is COc1ccc(C(=O)Nc2c(C(=O)O)oc3ccccc23)cc1. The van der Waals surface area contributed by atoms with Gasteiger partial charge < -0.3 is 19.6 Å². The number of carbonyl (C=O) groups is 2. The van der Waals surface area contributed by atoms with Crippen LogP contribution in [0.3, 0.4) is 0 Å². The maximum atomic E-state index is 12.3. The second-order valence-electron chi connectivity index (χ2n) is 4.79. The van der Waals surface area contributed by atoms with Crippen LogP contribution in [-0.4, -0.2) is 24.1 Å². The predicted molar refractivity (Wildman–Crippen MR) is 84.1 cm³/mol. The highest BCUT2D eigenvalue weighted by atomic mass is 16.5. The van der Waals surface area contributed by atoms with Crippen LogP contribution in [0.25, 0.3) is 11.0 Å². The van der Waals surface area contributed by atoms with Crippen LogP contribution in [0, 0.1) is 0 Å². The minimum Gasteiger partial charge on any atom is -0.497 e. The average molecular weight is 311 g/mol. The molecule has 1 amide bonds. The maximum absolute atomic E-state index is 12.3. The lowest BCUT2D eigenvalue weighted by Crippen LogP contribution is -2.13. The number of hydrogen-bond donors (Lipinski definition) is 2. The number of para-hydroxylation sites is 1. The first-order valence-corrected chi connectivity index (χ1v) is 6.80. The molecule has 3 rings (SSSR count). The summed E-state index contributed by atoms with van der Waals surface area (Å²) in [6.07, 6.45) is 0. The number of nitrogens with one attached hydrogen (secondary N) is 1. The highest BCUT2D eigenvalue weighted by Gasteiger charge is 2.21. The predicted octanol–water partition coefficient (Wildman–Crippen LogP) is 3.39. The van der Waals surface area contributed by atoms with Crippen LogP contribution in [0.4, 0.5) is 5.69 Å². The van der Waals surface area contributed by atoms with Gasteiger partial charge in [0, 0.05) is 10.9 Å². The highest BCUT2D eigenvalue weighted by Crippen LogP contribution is 2.31. The fourth-order valence-electron chi connectivity index (χ4n) is 2.25. The van der Waals surface area contributed by atoms with E-state index in [1.54, 1.807) is 48.5 Å². The normalized spacial score (nSPS) is 10.5. The Morgan fingerprint density at radius 3 is 2.43 bits per heavy atom. The Labute approximate surface area is 131 Å². The van der Waals surface area contributed by atoms with Crippen LogP contribution >= 0.6 is 0 Å². The fraction of sp³-hybridized carbons (Fsp3) is 0.0588. The second kappa shape index (κ2) is 5.84. The van der Waals surface area contributed by atoms with Gasteiger partial charge in [0.25, 0.3) is 5.91 Å². The van der Waals surface area contributed by atoms with Crippen molar-refractivity contribution in [1.82, 2.24) is 0 Å². The van der Waals surface area contributed by atoms with Crippen LogP contribution in [0.2, 0.25) is 0 Å². The Bertz CT molecular complexity index is 880. The van der Waals surface area contributed by atoms with E-state index in [1.165, 1.54) is 7.11 Å². The summed E-state index contributed by atoms with van der Waals surface area (Å²) in [4.78, 5) is 23.7. The number of anilines is 1. The first-order valence-electron chi connectivity index (χ1n) is 6.80. The number of amides is 1. The molecular formula is C17H13NO5. The molecule has 0 saturated heterocycles. The van der Waals surface area contributed by atoms with E-state index in [1.807, 2.05) is 0 Å². The van der Waals surface area contributed by atoms with E-state index in [0.717, 1.165) is 0 Å². The average Bonchev–Trinajstić information content (AvgIpc) is 2.94. The van der Waals surface area contributed by atoms with Crippen molar-refractivity contribution < 1.29 is 23.8 Å². The van der Waals surface area contributed by atoms with Crippen LogP contribution < -0.4 is 10.1 Å². The van der Waals surface area contributed by atoms with Gasteiger partial charge in [-0.05, 0) is 36.4 Å². The minimum atomic E-state index is -1.24. The zero-order valence-corrected chi connectivity index (χ0v) is 12.2. The third-order valence-corrected chi connectivity index (χ3v) is 3.38. The number of furan rings is 1. The van der Waals surface area contributed by atoms with Crippen molar-refractivity contribution >= 4 is 28.5 Å². The molecule has 6 nitrogen and oxygen atoms in total. The quantitative estimate of drug-likeness (QED) is 0.771. The molecule has 0 aliphatic carbocycles. The standard InChI is InChI=1S/C17H13NO5/c1-22-11-8-6-10(7-9-11)16(19)18-14-12-4-2-3-5-13(12)23-15(14)17(20)21/h2-9H,1H3,(H,18,19)(H,20,21). The number of benzene rings is 2. The van der Waals surface area contributed by atoms with E-state index < -0.39 is 11.9 Å². The summed E-state index contributed by atoms with van der Waals surface area (Å²) in [7, 11) is 1.53. The van der Waals surface area contributed by atoms with Gasteiger partial charge >= 0.3 is 5.97 Å². The summed E-state index contributed by atoms with van der Waals surface area (Å²) in [6.45, 7) is 0. The third-order valence-electron chi connectivity index (χ3n) is 3.38. The molecule has 0 unspecified atom stereocenters. The Hall–Kier alpha value is -3.28. The fourth-order valence-corrected chi connectivity index (χ4v) is 2.25. The van der Waals surface area contributed by atoms with E-state index in [-0.39, 0.29) is 11.4 Å². The molecule has 116 valence electrons. The largest absolute Gasteiger partial charge is 0.497 e. The van der Waals surface area contributed by atoms with Crippen LogP contribution in [0.1, 0.15) is 20.9 Å². The number of fused-ring (bicyclic) bond motifs is 1. The van der Waals surface area contributed by atoms with Gasteiger partial charge in [-0.3, -0.25) is 4.79 Å². The summed E-state index contributed by atoms with van der Waals surface area (Å²) < 4.78 is 10.3. The number of ether oxygens (including phenoxy) is 1. The Kier molecular flexibility index (Phi) is 3.72. The molecule has 2 N–H and O–H groups in total. The van der Waals surface area contributed by atoms with E-state index >= 15 is 0 Å². The van der Waals surface area contributed by atoms with Crippen molar-refractivity contribution in [3.05, 3.63) is 59.9 Å². The van der Waals surface area contributed by atoms with E-state index in [0.29, 0.717) is 22.3 Å². The minimum absolute atomic E-state index is 0.147. The number of methoxy groups -OCH3 is 1. The van der Waals surface area contributed by atoms with Crippen molar-refractivity contribution in [2.75, 3.05) is 12.4 Å². The smallest absolute Gasteiger partial charge is 0.374 e. The summed E-state index contributed by atoms with van der Waals surface area (Å²) in [5.41, 5.74) is 0.927. The Morgan fingerprint density at radius 2 is 1.78 bits per heavy atom. The molecule has 0 saturated carbocycles. The molecule has 0 spiro atoms. The summed E-state index contributed by atoms with van der Waals surface area (Å²) in [5.74, 6) is -1.34. The van der Waals surface area contributed by atoms with Gasteiger partial charge in [-0.15, -0.1) is 0 Å². The molecule has 0 atom stereocenters. The van der Waals surface area contributed by atoms with Gasteiger partial charge in [0.05, 0.1) is 7.11 Å². The van der Waals surface area contributed by atoms with Gasteiger partial charge in [0.2, 0.25) is 5.76 Å². The van der Waals surface area contributed by atoms with E-state index in [9.17, 15) is 14.7 Å². The second-order valence-corrected chi connectivity index (χ2v) is 4.79. The molecule has 0 bridgehead atoms. The van der Waals surface area contributed by atoms with E-state index in [2.05, 4.69) is 5.32 Å². The van der Waals surface area contributed by atoms with Crippen molar-refractivity contribution in [2.24, 2.45) is 0 Å². The van der Waals surface area contributed by atoms with Crippen LogP contribution in [0.5, 0.6) is 5.75 Å². The molecule has 23 heavy (non-hydrogen) atoms. The molecule has 3 aromatic rings. The van der Waals surface area contributed by atoms with E-state index in [4.69, 9.17) is 9.15 Å². The third kappa shape index (κ3) is 2.74. The number of carboxylic acid groups (broad SMARTS) is 1. The lowest BCUT2D eigenvalue weighted by molar-refractivity contribution is 0.0666. The zero-order chi connectivity index (χ0) is 16.4. The summed E-state index contributed by atoms with van der Waals surface area (Å²) >= 11 is 0. The lowest BCUT2D eigenvalue weighted by atomic mass is 10.1. The maximum Gasteiger partial charge on any atom is 0.374 e. The summed E-state index contributed by atoms with van der Waals surface area (Å²) in [5, 5.41) is 12.4. The van der Waals surface area contributed by atoms with Gasteiger partial charge in [-0.1, -0.05) is 12.1 Å². The Morgan fingerprint density at radius 1 is 1.09 bits per heavy atom. The van der Waals surface area contributed by atoms with Gasteiger partial charge in [0.15, 0.2) is 0 Å². The Balaban J connectivity index is 1.98. The van der Waals surface area contributed by atoms with Crippen LogP contribution in [-0.2, 0) is 0 Å². The topological polar surface area (TPSA) is 88.8 Å². The number of aromatic carboxylic acids is 1. The number of rotatable bonds is 4. The first kappa shape index (κ1) is 14.6. The van der Waals surface area contributed by atoms with Gasteiger partial charge in [0.1, 0.15) is 17.0 Å². The van der Waals surface area contributed by atoms with Crippen molar-refractivity contribution in [1.29, 1.82) is 0 Å². The lowest BCUT2D eigenvalue weighted by Gasteiger charge is -2.05.